The Bertz CT molecular complexity index is 259. The van der Waals surface area contributed by atoms with Gasteiger partial charge in [0.25, 0.3) is 0 Å². The normalized spacial score (nSPS) is 15.9. The highest BCUT2D eigenvalue weighted by Gasteiger charge is 2.33. The number of hydrogen-bond acceptors (Lipinski definition) is 4. The molecule has 8 heteroatoms. The first kappa shape index (κ1) is 10.7. The molecular weight excluding hydrogens is 212 g/mol. The molecule has 0 aromatic rings. The van der Waals surface area contributed by atoms with Gasteiger partial charge in [0.15, 0.2) is 0 Å². The molecule has 0 atom stereocenters. The molecule has 14 heavy (non-hydrogen) atoms. The van der Waals surface area contributed by atoms with Gasteiger partial charge in [-0.25, -0.2) is 14.5 Å². The molecule has 1 aliphatic heterocycles. The van der Waals surface area contributed by atoms with Crippen molar-refractivity contribution in [1.29, 1.82) is 0 Å². The highest BCUT2D eigenvalue weighted by Crippen LogP contribution is 2.08. The topological polar surface area (TPSA) is 82.1 Å². The molecule has 1 fully saturated rings. The summed E-state index contributed by atoms with van der Waals surface area (Å²) in [5, 5.41) is 5.58. The Hall–Kier alpha value is -1.37. The lowest BCUT2D eigenvalue weighted by atomic mass is 10.6. The number of carbonyl (C=O) groups excluding carboxylic acids is 2. The van der Waals surface area contributed by atoms with E-state index in [9.17, 15) is 14.5 Å². The van der Waals surface area contributed by atoms with Crippen LogP contribution >= 0.6 is 11.6 Å². The number of hydrogen-bond donors (Lipinski definition) is 1. The third-order valence-corrected chi connectivity index (χ3v) is 1.89. The van der Waals surface area contributed by atoms with Gasteiger partial charge in [-0.05, 0) is 0 Å². The van der Waals surface area contributed by atoms with Crippen molar-refractivity contribution in [3.05, 3.63) is 4.91 Å². The number of rotatable bonds is 3. The Morgan fingerprint density at radius 3 is 2.79 bits per heavy atom. The average molecular weight is 221 g/mol. The van der Waals surface area contributed by atoms with Crippen LogP contribution in [-0.2, 0) is 0 Å². The molecule has 0 radical (unpaired) electrons. The average Bonchev–Trinajstić information content (AvgIpc) is 2.56. The van der Waals surface area contributed by atoms with E-state index in [0.29, 0.717) is 5.01 Å². The molecule has 1 aliphatic rings. The first-order valence-corrected chi connectivity index (χ1v) is 4.50. The summed E-state index contributed by atoms with van der Waals surface area (Å²) in [4.78, 5) is 33.4. The summed E-state index contributed by atoms with van der Waals surface area (Å²) in [6.45, 7) is 0.577. The van der Waals surface area contributed by atoms with Gasteiger partial charge in [0, 0.05) is 12.4 Å². The molecule has 0 unspecified atom stereocenters. The lowest BCUT2D eigenvalue weighted by Crippen LogP contribution is -2.42. The van der Waals surface area contributed by atoms with Crippen molar-refractivity contribution in [2.45, 2.75) is 0 Å². The summed E-state index contributed by atoms with van der Waals surface area (Å²) in [6, 6.07) is -1.26. The molecule has 78 valence electrons. The lowest BCUT2D eigenvalue weighted by molar-refractivity contribution is 0.186. The Kier molecular flexibility index (Phi) is 3.63. The van der Waals surface area contributed by atoms with Crippen LogP contribution in [0.4, 0.5) is 9.59 Å². The van der Waals surface area contributed by atoms with E-state index >= 15 is 0 Å². The van der Waals surface area contributed by atoms with Gasteiger partial charge in [0.2, 0.25) is 0 Å². The number of amides is 4. The van der Waals surface area contributed by atoms with Crippen LogP contribution in [-0.4, -0.2) is 47.5 Å². The van der Waals surface area contributed by atoms with E-state index < -0.39 is 12.1 Å². The van der Waals surface area contributed by atoms with E-state index in [4.69, 9.17) is 11.6 Å². The number of halogens is 1. The summed E-state index contributed by atoms with van der Waals surface area (Å²) < 4.78 is 0. The number of carbonyl (C=O) groups is 2. The Morgan fingerprint density at radius 1 is 1.57 bits per heavy atom. The van der Waals surface area contributed by atoms with Gasteiger partial charge in [0.05, 0.1) is 18.4 Å². The number of nitrogens with zero attached hydrogens (tertiary/aromatic N) is 3. The second-order valence-corrected chi connectivity index (χ2v) is 2.94. The first-order valence-electron chi connectivity index (χ1n) is 3.96. The van der Waals surface area contributed by atoms with E-state index in [1.165, 1.54) is 0 Å². The molecule has 0 aromatic heterocycles. The summed E-state index contributed by atoms with van der Waals surface area (Å²) in [5.41, 5.74) is 0. The standard InChI is InChI=1S/C6H9ClN4O3/c7-1-2-8-5(12)10-3-4-11(9-14)6(10)13/h1-4H2,(H,8,12). The maximum absolute atomic E-state index is 11.2. The fourth-order valence-corrected chi connectivity index (χ4v) is 1.13. The summed E-state index contributed by atoms with van der Waals surface area (Å²) >= 11 is 5.35. The largest absolute Gasteiger partial charge is 0.351 e. The van der Waals surface area contributed by atoms with E-state index in [1.54, 1.807) is 0 Å². The Morgan fingerprint density at radius 2 is 2.29 bits per heavy atom. The lowest BCUT2D eigenvalue weighted by Gasteiger charge is -2.12. The third-order valence-electron chi connectivity index (χ3n) is 1.70. The van der Waals surface area contributed by atoms with Crippen molar-refractivity contribution in [1.82, 2.24) is 15.2 Å². The van der Waals surface area contributed by atoms with Gasteiger partial charge in [-0.2, -0.15) is 5.01 Å². The van der Waals surface area contributed by atoms with Gasteiger partial charge < -0.3 is 5.32 Å². The first-order chi connectivity index (χ1) is 6.70. The van der Waals surface area contributed by atoms with Gasteiger partial charge in [-0.3, -0.25) is 0 Å². The second-order valence-electron chi connectivity index (χ2n) is 2.56. The van der Waals surface area contributed by atoms with Crippen LogP contribution in [0.25, 0.3) is 0 Å². The van der Waals surface area contributed by atoms with Crippen molar-refractivity contribution < 1.29 is 9.59 Å². The summed E-state index contributed by atoms with van der Waals surface area (Å²) in [6.07, 6.45) is 0. The predicted molar refractivity (Wildman–Crippen MR) is 48.7 cm³/mol. The number of urea groups is 2. The van der Waals surface area contributed by atoms with E-state index in [1.807, 2.05) is 0 Å². The van der Waals surface area contributed by atoms with Crippen molar-refractivity contribution in [3.8, 4) is 0 Å². The molecule has 0 aromatic carbocycles. The maximum atomic E-state index is 11.2. The van der Waals surface area contributed by atoms with Crippen LogP contribution < -0.4 is 5.32 Å². The third kappa shape index (κ3) is 2.11. The summed E-state index contributed by atoms with van der Waals surface area (Å²) in [7, 11) is 0. The van der Waals surface area contributed by atoms with Crippen LogP contribution in [0.15, 0.2) is 5.29 Å². The Balaban J connectivity index is 2.50. The molecule has 0 bridgehead atoms. The zero-order valence-corrected chi connectivity index (χ0v) is 8.03. The zero-order valence-electron chi connectivity index (χ0n) is 7.27. The quantitative estimate of drug-likeness (QED) is 0.551. The fraction of sp³-hybridized carbons (Fsp3) is 0.667. The minimum absolute atomic E-state index is 0.136. The molecule has 0 spiro atoms. The number of nitroso groups, excluding NO2 is 1. The van der Waals surface area contributed by atoms with E-state index in [-0.39, 0.29) is 25.5 Å². The van der Waals surface area contributed by atoms with Crippen LogP contribution in [0.5, 0.6) is 0 Å². The maximum Gasteiger partial charge on any atom is 0.351 e. The molecule has 1 rings (SSSR count). The monoisotopic (exact) mass is 220 g/mol. The molecule has 1 heterocycles. The van der Waals surface area contributed by atoms with Crippen LogP contribution in [0.3, 0.4) is 0 Å². The number of alkyl halides is 1. The highest BCUT2D eigenvalue weighted by atomic mass is 35.5. The molecule has 1 saturated heterocycles. The van der Waals surface area contributed by atoms with Crippen LogP contribution in [0.1, 0.15) is 0 Å². The second kappa shape index (κ2) is 4.75. The Labute approximate surface area is 84.9 Å². The molecule has 4 amide bonds. The molecule has 7 nitrogen and oxygen atoms in total. The van der Waals surface area contributed by atoms with Crippen LogP contribution in [0.2, 0.25) is 0 Å². The van der Waals surface area contributed by atoms with Gasteiger partial charge in [-0.15, -0.1) is 16.5 Å². The number of nitrogens with one attached hydrogen (secondary N) is 1. The smallest absolute Gasteiger partial charge is 0.336 e. The van der Waals surface area contributed by atoms with Crippen molar-refractivity contribution >= 4 is 23.7 Å². The van der Waals surface area contributed by atoms with E-state index in [0.717, 1.165) is 4.90 Å². The molecule has 1 N–H and O–H groups in total. The van der Waals surface area contributed by atoms with Gasteiger partial charge >= 0.3 is 12.1 Å². The highest BCUT2D eigenvalue weighted by molar-refractivity contribution is 6.18. The molecule has 0 saturated carbocycles. The molecular formula is C6H9ClN4O3. The van der Waals surface area contributed by atoms with Crippen molar-refractivity contribution in [3.63, 3.8) is 0 Å². The van der Waals surface area contributed by atoms with E-state index in [2.05, 4.69) is 10.6 Å². The summed E-state index contributed by atoms with van der Waals surface area (Å²) in [5.74, 6) is 0.267. The molecule has 0 aliphatic carbocycles. The van der Waals surface area contributed by atoms with Gasteiger partial charge in [0.1, 0.15) is 0 Å². The van der Waals surface area contributed by atoms with Crippen LogP contribution in [0, 0.1) is 4.91 Å². The van der Waals surface area contributed by atoms with Crippen molar-refractivity contribution in [2.24, 2.45) is 5.29 Å². The van der Waals surface area contributed by atoms with Crippen molar-refractivity contribution in [2.75, 3.05) is 25.5 Å². The fourth-order valence-electron chi connectivity index (χ4n) is 1.04. The SMILES string of the molecule is O=NN1CCN(C(=O)NCCCl)C1=O. The zero-order chi connectivity index (χ0) is 10.6. The van der Waals surface area contributed by atoms with Gasteiger partial charge in [-0.1, -0.05) is 0 Å². The minimum Gasteiger partial charge on any atom is -0.336 e. The number of imide groups is 1. The minimum atomic E-state index is -0.702. The predicted octanol–water partition coefficient (Wildman–Crippen LogP) is 0.354.